The molecule has 180 valence electrons. The molecule has 0 aromatic heterocycles. The second-order valence-electron chi connectivity index (χ2n) is 8.95. The van der Waals surface area contributed by atoms with Crippen LogP contribution in [0.2, 0.25) is 0 Å². The SMILES string of the molecule is O=C1NC(=O)[C@H]2CC=C3[C@@H](C[C@@]4(Cl)C(=O)N(CBr)C(=O)[C@@]4(Cl)[C@H]3c3ccccc3OCCO)[C@@H]12. The Kier molecular flexibility index (Phi) is 5.82. The summed E-state index contributed by atoms with van der Waals surface area (Å²) >= 11 is 17.4. The fourth-order valence-electron chi connectivity index (χ4n) is 6.02. The van der Waals surface area contributed by atoms with Crippen LogP contribution in [0, 0.1) is 17.8 Å². The van der Waals surface area contributed by atoms with Gasteiger partial charge in [-0.15, -0.1) is 23.2 Å². The Morgan fingerprint density at radius 3 is 2.56 bits per heavy atom. The normalized spacial score (nSPS) is 36.6. The maximum absolute atomic E-state index is 13.7. The number of aliphatic hydroxyl groups excluding tert-OH is 1. The molecule has 2 aliphatic heterocycles. The molecule has 2 heterocycles. The third-order valence-corrected chi connectivity index (χ3v) is 9.35. The van der Waals surface area contributed by atoms with Crippen LogP contribution in [0.15, 0.2) is 35.9 Å². The summed E-state index contributed by atoms with van der Waals surface area (Å²) in [5, 5.41) is 11.7. The minimum Gasteiger partial charge on any atom is -0.491 e. The Morgan fingerprint density at radius 2 is 1.85 bits per heavy atom. The zero-order valence-corrected chi connectivity index (χ0v) is 20.9. The number of hydrogen-bond donors (Lipinski definition) is 2. The highest BCUT2D eigenvalue weighted by atomic mass is 79.9. The third kappa shape index (κ3) is 3.00. The molecule has 4 amide bonds. The summed E-state index contributed by atoms with van der Waals surface area (Å²) in [5.74, 6) is -4.40. The van der Waals surface area contributed by atoms with Crippen molar-refractivity contribution in [1.29, 1.82) is 0 Å². The number of allylic oxidation sites excluding steroid dienone is 2. The highest BCUT2D eigenvalue weighted by Crippen LogP contribution is 2.65. The Morgan fingerprint density at radius 1 is 1.12 bits per heavy atom. The number of carbonyl (C=O) groups excluding carboxylic acids is 4. The minimum absolute atomic E-state index is 0.00945. The fraction of sp³-hybridized carbons (Fsp3) is 0.478. The molecule has 0 unspecified atom stereocenters. The van der Waals surface area contributed by atoms with Crippen LogP contribution < -0.4 is 10.1 Å². The van der Waals surface area contributed by atoms with Crippen molar-refractivity contribution in [2.45, 2.75) is 28.5 Å². The topological polar surface area (TPSA) is 113 Å². The number of amides is 4. The summed E-state index contributed by atoms with van der Waals surface area (Å²) in [6.45, 7) is -0.216. The van der Waals surface area contributed by atoms with Gasteiger partial charge in [0.1, 0.15) is 12.4 Å². The molecule has 11 heteroatoms. The van der Waals surface area contributed by atoms with Crippen molar-refractivity contribution in [3.05, 3.63) is 41.5 Å². The summed E-state index contributed by atoms with van der Waals surface area (Å²) < 4.78 is 5.75. The van der Waals surface area contributed by atoms with E-state index >= 15 is 0 Å². The Labute approximate surface area is 213 Å². The lowest BCUT2D eigenvalue weighted by atomic mass is 9.56. The lowest BCUT2D eigenvalue weighted by Crippen LogP contribution is -2.60. The van der Waals surface area contributed by atoms with Crippen LogP contribution in [0.3, 0.4) is 0 Å². The molecule has 0 spiro atoms. The Balaban J connectivity index is 1.75. The average molecular weight is 572 g/mol. The van der Waals surface area contributed by atoms with Gasteiger partial charge in [-0.2, -0.15) is 0 Å². The monoisotopic (exact) mass is 570 g/mol. The molecule has 8 nitrogen and oxygen atoms in total. The van der Waals surface area contributed by atoms with E-state index in [4.69, 9.17) is 27.9 Å². The number of para-hydroxylation sites is 1. The van der Waals surface area contributed by atoms with Crippen LogP contribution in [0.1, 0.15) is 24.3 Å². The smallest absolute Gasteiger partial charge is 0.254 e. The molecule has 1 saturated carbocycles. The quantitative estimate of drug-likeness (QED) is 0.242. The van der Waals surface area contributed by atoms with Crippen molar-refractivity contribution < 1.29 is 29.0 Å². The van der Waals surface area contributed by atoms with Gasteiger partial charge in [0.15, 0.2) is 9.75 Å². The van der Waals surface area contributed by atoms with Gasteiger partial charge in [0, 0.05) is 11.5 Å². The number of nitrogens with one attached hydrogen (secondary N) is 1. The first-order chi connectivity index (χ1) is 16.2. The average Bonchev–Trinajstić information content (AvgIpc) is 3.19. The molecule has 0 bridgehead atoms. The van der Waals surface area contributed by atoms with E-state index in [0.717, 1.165) is 4.90 Å². The molecule has 3 fully saturated rings. The molecule has 2 aliphatic carbocycles. The lowest BCUT2D eigenvalue weighted by Gasteiger charge is -2.51. The number of alkyl halides is 3. The molecular weight excluding hydrogens is 551 g/mol. The van der Waals surface area contributed by atoms with Crippen molar-refractivity contribution >= 4 is 62.8 Å². The summed E-state index contributed by atoms with van der Waals surface area (Å²) in [6.07, 6.45) is 2.10. The first-order valence-electron chi connectivity index (χ1n) is 10.9. The maximum Gasteiger partial charge on any atom is 0.254 e. The number of imide groups is 2. The van der Waals surface area contributed by atoms with Crippen molar-refractivity contribution in [1.82, 2.24) is 10.2 Å². The maximum atomic E-state index is 13.7. The second kappa shape index (κ2) is 8.33. The molecule has 4 aliphatic rings. The number of fused-ring (bicyclic) bond motifs is 4. The first-order valence-corrected chi connectivity index (χ1v) is 12.8. The number of ether oxygens (including phenoxy) is 1. The van der Waals surface area contributed by atoms with Crippen LogP contribution in [0.25, 0.3) is 0 Å². The predicted octanol–water partition coefficient (Wildman–Crippen LogP) is 2.06. The summed E-state index contributed by atoms with van der Waals surface area (Å²) in [4.78, 5) is 49.6. The van der Waals surface area contributed by atoms with Gasteiger partial charge in [0.2, 0.25) is 11.8 Å². The number of aliphatic hydroxyl groups is 1. The molecule has 0 radical (unpaired) electrons. The van der Waals surface area contributed by atoms with Crippen molar-refractivity contribution in [2.24, 2.45) is 17.8 Å². The van der Waals surface area contributed by atoms with E-state index in [0.29, 0.717) is 23.3 Å². The minimum atomic E-state index is -1.88. The molecule has 34 heavy (non-hydrogen) atoms. The molecule has 1 aromatic rings. The first kappa shape index (κ1) is 23.8. The summed E-state index contributed by atoms with van der Waals surface area (Å²) in [7, 11) is 0. The van der Waals surface area contributed by atoms with Crippen LogP contribution in [0.4, 0.5) is 0 Å². The van der Waals surface area contributed by atoms with Gasteiger partial charge in [0.05, 0.1) is 23.9 Å². The number of benzene rings is 1. The standard InChI is InChI=1S/C23H21BrCl2N2O6/c24-10-28-20(32)22(25)9-14-11(5-6-13-16(14)19(31)27-18(13)30)17(23(22,26)21(28)33)12-3-1-2-4-15(12)34-8-7-29/h1-5,13-14,16-17,29H,6-10H2,(H,27,30,31)/t13-,14+,16-,17+,22+,23-/m0/s1. The molecule has 5 rings (SSSR count). The Hall–Kier alpha value is -1.94. The molecular formula is C23H21BrCl2N2O6. The third-order valence-electron chi connectivity index (χ3n) is 7.44. The highest BCUT2D eigenvalue weighted by Gasteiger charge is 2.76. The van der Waals surface area contributed by atoms with E-state index in [9.17, 15) is 24.3 Å². The van der Waals surface area contributed by atoms with Crippen LogP contribution in [-0.4, -0.2) is 62.1 Å². The van der Waals surface area contributed by atoms with E-state index < -0.39 is 51.1 Å². The zero-order valence-electron chi connectivity index (χ0n) is 17.8. The highest BCUT2D eigenvalue weighted by molar-refractivity contribution is 9.09. The van der Waals surface area contributed by atoms with Gasteiger partial charge in [-0.3, -0.25) is 29.4 Å². The summed E-state index contributed by atoms with van der Waals surface area (Å²) in [6, 6.07) is 6.92. The van der Waals surface area contributed by atoms with Crippen molar-refractivity contribution in [2.75, 3.05) is 18.7 Å². The lowest BCUT2D eigenvalue weighted by molar-refractivity contribution is -0.138. The Bertz CT molecular complexity index is 1140. The van der Waals surface area contributed by atoms with E-state index in [-0.39, 0.29) is 31.0 Å². The predicted molar refractivity (Wildman–Crippen MR) is 126 cm³/mol. The molecule has 2 saturated heterocycles. The molecule has 6 atom stereocenters. The number of hydrogen-bond acceptors (Lipinski definition) is 6. The molecule has 2 N–H and O–H groups in total. The summed E-state index contributed by atoms with van der Waals surface area (Å²) in [5.41, 5.74) is 1.13. The number of carbonyl (C=O) groups is 4. The van der Waals surface area contributed by atoms with Gasteiger partial charge in [0.25, 0.3) is 11.8 Å². The number of nitrogens with zero attached hydrogens (tertiary/aromatic N) is 1. The van der Waals surface area contributed by atoms with E-state index in [1.54, 1.807) is 24.3 Å². The van der Waals surface area contributed by atoms with Gasteiger partial charge >= 0.3 is 0 Å². The van der Waals surface area contributed by atoms with Gasteiger partial charge in [-0.05, 0) is 24.8 Å². The van der Waals surface area contributed by atoms with Gasteiger partial charge in [-0.1, -0.05) is 45.8 Å². The zero-order chi connectivity index (χ0) is 24.4. The van der Waals surface area contributed by atoms with Gasteiger partial charge in [-0.25, -0.2) is 0 Å². The second-order valence-corrected chi connectivity index (χ2v) is 10.7. The van der Waals surface area contributed by atoms with E-state index in [1.807, 2.05) is 6.08 Å². The number of halogens is 3. The van der Waals surface area contributed by atoms with E-state index in [1.165, 1.54) is 0 Å². The number of likely N-dealkylation sites (tertiary alicyclic amines) is 1. The molecule has 1 aromatic carbocycles. The number of rotatable bonds is 5. The van der Waals surface area contributed by atoms with Crippen LogP contribution >= 0.6 is 39.1 Å². The largest absolute Gasteiger partial charge is 0.491 e. The van der Waals surface area contributed by atoms with Crippen molar-refractivity contribution in [3.63, 3.8) is 0 Å². The van der Waals surface area contributed by atoms with Crippen molar-refractivity contribution in [3.8, 4) is 5.75 Å². The van der Waals surface area contributed by atoms with Crippen LogP contribution in [0.5, 0.6) is 5.75 Å². The van der Waals surface area contributed by atoms with Crippen LogP contribution in [-0.2, 0) is 19.2 Å². The fourth-order valence-corrected chi connectivity index (χ4v) is 7.43. The van der Waals surface area contributed by atoms with Gasteiger partial charge < -0.3 is 9.84 Å². The van der Waals surface area contributed by atoms with E-state index in [2.05, 4.69) is 21.2 Å².